The van der Waals surface area contributed by atoms with E-state index in [4.69, 9.17) is 15.2 Å². The van der Waals surface area contributed by atoms with Crippen molar-refractivity contribution in [1.29, 1.82) is 0 Å². The van der Waals surface area contributed by atoms with E-state index in [1.165, 1.54) is 7.05 Å². The van der Waals surface area contributed by atoms with Gasteiger partial charge in [0.25, 0.3) is 0 Å². The van der Waals surface area contributed by atoms with Gasteiger partial charge in [-0.1, -0.05) is 12.1 Å². The summed E-state index contributed by atoms with van der Waals surface area (Å²) in [6.07, 6.45) is 0. The summed E-state index contributed by atoms with van der Waals surface area (Å²) in [7, 11) is -1.91. The lowest BCUT2D eigenvalue weighted by Crippen LogP contribution is -2.36. The highest BCUT2D eigenvalue weighted by atomic mass is 32.2. The molecule has 27 heavy (non-hydrogen) atoms. The van der Waals surface area contributed by atoms with Crippen molar-refractivity contribution < 1.29 is 17.9 Å². The lowest BCUT2D eigenvalue weighted by Gasteiger charge is -2.28. The average Bonchev–Trinajstić information content (AvgIpc) is 2.69. The topological polar surface area (TPSA) is 107 Å². The molecule has 0 saturated carbocycles. The molecule has 2 heterocycles. The molecule has 3 N–H and O–H groups in total. The molecule has 1 saturated heterocycles. The van der Waals surface area contributed by atoms with Gasteiger partial charge in [0.15, 0.2) is 0 Å². The maximum atomic E-state index is 11.6. The Bertz CT molecular complexity index is 865. The molecule has 0 unspecified atom stereocenters. The molecular formula is C18H24N4O4S. The largest absolute Gasteiger partial charge is 0.439 e. The first-order valence-corrected chi connectivity index (χ1v) is 10.4. The standard InChI is InChI=1S/C18H24N4O4S/c1-20-27(23,24)13-14-2-4-16(5-3-14)26-18-11-15(12-19)10-17(21-18)22-6-8-25-9-7-22/h2-5,10-11,20H,6-9,12-13,19H2,1H3. The van der Waals surface area contributed by atoms with E-state index in [1.54, 1.807) is 24.3 Å². The van der Waals surface area contributed by atoms with Crippen molar-refractivity contribution in [3.8, 4) is 11.6 Å². The summed E-state index contributed by atoms with van der Waals surface area (Å²) in [6, 6.07) is 10.7. The lowest BCUT2D eigenvalue weighted by atomic mass is 10.2. The van der Waals surface area contributed by atoms with Gasteiger partial charge in [-0.25, -0.2) is 13.1 Å². The zero-order chi connectivity index (χ0) is 19.3. The number of sulfonamides is 1. The van der Waals surface area contributed by atoms with Crippen LogP contribution in [0.25, 0.3) is 0 Å². The highest BCUT2D eigenvalue weighted by Crippen LogP contribution is 2.25. The van der Waals surface area contributed by atoms with E-state index in [-0.39, 0.29) is 5.75 Å². The second kappa shape index (κ2) is 8.66. The molecular weight excluding hydrogens is 368 g/mol. The Balaban J connectivity index is 1.76. The number of pyridine rings is 1. The van der Waals surface area contributed by atoms with E-state index in [2.05, 4.69) is 14.6 Å². The second-order valence-electron chi connectivity index (χ2n) is 6.18. The van der Waals surface area contributed by atoms with Crippen molar-refractivity contribution in [2.24, 2.45) is 5.73 Å². The van der Waals surface area contributed by atoms with Gasteiger partial charge in [0, 0.05) is 25.7 Å². The minimum atomic E-state index is -3.30. The third-order valence-electron chi connectivity index (χ3n) is 4.23. The van der Waals surface area contributed by atoms with Crippen molar-refractivity contribution in [2.75, 3.05) is 38.3 Å². The van der Waals surface area contributed by atoms with Crippen LogP contribution in [0.1, 0.15) is 11.1 Å². The molecule has 1 fully saturated rings. The monoisotopic (exact) mass is 392 g/mol. The molecule has 1 aliphatic rings. The molecule has 3 rings (SSSR count). The third-order valence-corrected chi connectivity index (χ3v) is 5.57. The number of anilines is 1. The van der Waals surface area contributed by atoms with E-state index >= 15 is 0 Å². The number of nitrogens with zero attached hydrogens (tertiary/aromatic N) is 2. The van der Waals surface area contributed by atoms with Gasteiger partial charge in [-0.15, -0.1) is 0 Å². The minimum Gasteiger partial charge on any atom is -0.439 e. The Labute approximate surface area is 159 Å². The number of nitrogens with two attached hydrogens (primary N) is 1. The number of benzene rings is 1. The molecule has 0 atom stereocenters. The van der Waals surface area contributed by atoms with Crippen LogP contribution in [0, 0.1) is 0 Å². The summed E-state index contributed by atoms with van der Waals surface area (Å²) in [5, 5.41) is 0. The van der Waals surface area contributed by atoms with Crippen LogP contribution in [0.3, 0.4) is 0 Å². The number of morpholine rings is 1. The van der Waals surface area contributed by atoms with Crippen LogP contribution in [0.15, 0.2) is 36.4 Å². The summed E-state index contributed by atoms with van der Waals surface area (Å²) < 4.78 is 36.8. The number of rotatable bonds is 7. The summed E-state index contributed by atoms with van der Waals surface area (Å²) in [5.41, 5.74) is 7.42. The van der Waals surface area contributed by atoms with Gasteiger partial charge in [-0.05, 0) is 36.4 Å². The summed E-state index contributed by atoms with van der Waals surface area (Å²) in [6.45, 7) is 3.27. The first kappa shape index (κ1) is 19.6. The van der Waals surface area contributed by atoms with E-state index in [1.807, 2.05) is 12.1 Å². The van der Waals surface area contributed by atoms with Crippen LogP contribution in [0.5, 0.6) is 11.6 Å². The van der Waals surface area contributed by atoms with Gasteiger partial charge in [-0.3, -0.25) is 0 Å². The molecule has 0 radical (unpaired) electrons. The molecule has 0 aliphatic carbocycles. The number of hydrogen-bond donors (Lipinski definition) is 2. The number of aromatic nitrogens is 1. The van der Waals surface area contributed by atoms with Crippen molar-refractivity contribution in [1.82, 2.24) is 9.71 Å². The van der Waals surface area contributed by atoms with Gasteiger partial charge in [0.05, 0.1) is 19.0 Å². The molecule has 1 aliphatic heterocycles. The van der Waals surface area contributed by atoms with Crippen molar-refractivity contribution in [3.63, 3.8) is 0 Å². The zero-order valence-corrected chi connectivity index (χ0v) is 16.0. The molecule has 1 aromatic heterocycles. The Hall–Kier alpha value is -2.20. The predicted octanol–water partition coefficient (Wildman–Crippen LogP) is 1.22. The first-order chi connectivity index (χ1) is 13.0. The van der Waals surface area contributed by atoms with E-state index in [0.29, 0.717) is 37.0 Å². The average molecular weight is 392 g/mol. The van der Waals surface area contributed by atoms with Gasteiger partial charge >= 0.3 is 0 Å². The van der Waals surface area contributed by atoms with Crippen molar-refractivity contribution in [2.45, 2.75) is 12.3 Å². The maximum Gasteiger partial charge on any atom is 0.221 e. The quantitative estimate of drug-likeness (QED) is 0.729. The van der Waals surface area contributed by atoms with Gasteiger partial charge in [0.2, 0.25) is 15.9 Å². The zero-order valence-electron chi connectivity index (χ0n) is 15.2. The van der Waals surface area contributed by atoms with Crippen molar-refractivity contribution in [3.05, 3.63) is 47.5 Å². The van der Waals surface area contributed by atoms with Crippen LogP contribution in [-0.2, 0) is 27.1 Å². The van der Waals surface area contributed by atoms with E-state index in [0.717, 1.165) is 24.5 Å². The van der Waals surface area contributed by atoms with Gasteiger partial charge in [0.1, 0.15) is 11.6 Å². The lowest BCUT2D eigenvalue weighted by molar-refractivity contribution is 0.122. The van der Waals surface area contributed by atoms with Crippen LogP contribution in [0.4, 0.5) is 5.82 Å². The third kappa shape index (κ3) is 5.39. The normalized spacial score (nSPS) is 15.0. The number of ether oxygens (including phenoxy) is 2. The number of hydrogen-bond acceptors (Lipinski definition) is 7. The Morgan fingerprint density at radius 3 is 2.52 bits per heavy atom. The minimum absolute atomic E-state index is 0.0775. The molecule has 2 aromatic rings. The molecule has 0 amide bonds. The molecule has 146 valence electrons. The summed E-state index contributed by atoms with van der Waals surface area (Å²) in [5.74, 6) is 1.77. The van der Waals surface area contributed by atoms with Crippen LogP contribution in [-0.4, -0.2) is 46.8 Å². The molecule has 0 bridgehead atoms. The van der Waals surface area contributed by atoms with Gasteiger partial charge in [-0.2, -0.15) is 4.98 Å². The number of nitrogens with one attached hydrogen (secondary N) is 1. The summed E-state index contributed by atoms with van der Waals surface area (Å²) in [4.78, 5) is 6.72. The fraction of sp³-hybridized carbons (Fsp3) is 0.389. The Kier molecular flexibility index (Phi) is 6.27. The molecule has 9 heteroatoms. The van der Waals surface area contributed by atoms with Crippen LogP contribution >= 0.6 is 0 Å². The smallest absolute Gasteiger partial charge is 0.221 e. The predicted molar refractivity (Wildman–Crippen MR) is 103 cm³/mol. The highest BCUT2D eigenvalue weighted by Gasteiger charge is 2.15. The molecule has 0 spiro atoms. The first-order valence-electron chi connectivity index (χ1n) is 8.71. The fourth-order valence-corrected chi connectivity index (χ4v) is 3.51. The SMILES string of the molecule is CNS(=O)(=O)Cc1ccc(Oc2cc(CN)cc(N3CCOCC3)n2)cc1. The molecule has 8 nitrogen and oxygen atoms in total. The Morgan fingerprint density at radius 1 is 1.19 bits per heavy atom. The second-order valence-corrected chi connectivity index (χ2v) is 8.11. The molecule has 1 aromatic carbocycles. The maximum absolute atomic E-state index is 11.6. The van der Waals surface area contributed by atoms with E-state index < -0.39 is 10.0 Å². The highest BCUT2D eigenvalue weighted by molar-refractivity contribution is 7.88. The van der Waals surface area contributed by atoms with Gasteiger partial charge < -0.3 is 20.1 Å². The summed E-state index contributed by atoms with van der Waals surface area (Å²) >= 11 is 0. The van der Waals surface area contributed by atoms with Crippen molar-refractivity contribution >= 4 is 15.8 Å². The van der Waals surface area contributed by atoms with Crippen LogP contribution < -0.4 is 20.1 Å². The van der Waals surface area contributed by atoms with Crippen LogP contribution in [0.2, 0.25) is 0 Å². The van der Waals surface area contributed by atoms with E-state index in [9.17, 15) is 8.42 Å². The Morgan fingerprint density at radius 2 is 1.89 bits per heavy atom. The fourth-order valence-electron chi connectivity index (χ4n) is 2.73.